The summed E-state index contributed by atoms with van der Waals surface area (Å²) < 4.78 is 5.64. The lowest BCUT2D eigenvalue weighted by Crippen LogP contribution is -2.02. The van der Waals surface area contributed by atoms with Crippen LogP contribution < -0.4 is 4.74 Å². The van der Waals surface area contributed by atoms with Crippen LogP contribution in [0.4, 0.5) is 0 Å². The minimum absolute atomic E-state index is 0.377. The fourth-order valence-electron chi connectivity index (χ4n) is 0.862. The van der Waals surface area contributed by atoms with Gasteiger partial charge in [-0.3, -0.25) is 4.79 Å². The Kier molecular flexibility index (Phi) is 3.33. The number of carbonyl (C=O) groups is 1. The largest absolute Gasteiger partial charge is 0.425 e. The van der Waals surface area contributed by atoms with E-state index in [1.54, 1.807) is 6.07 Å². The van der Waals surface area contributed by atoms with E-state index in [1.807, 2.05) is 13.0 Å². The molecule has 0 unspecified atom stereocenters. The molecule has 4 heteroatoms. The van der Waals surface area contributed by atoms with Gasteiger partial charge in [-0.1, -0.05) is 17.7 Å². The number of carbonyl (C=O) groups excluding carboxylic acids is 1. The van der Waals surface area contributed by atoms with Gasteiger partial charge in [-0.15, -0.1) is 0 Å². The van der Waals surface area contributed by atoms with Gasteiger partial charge >= 0.3 is 5.97 Å². The molecule has 0 aliphatic rings. The molecule has 13 heavy (non-hydrogen) atoms. The van der Waals surface area contributed by atoms with Gasteiger partial charge in [0.25, 0.3) is 0 Å². The van der Waals surface area contributed by atoms with Crippen molar-refractivity contribution in [1.82, 2.24) is 0 Å². The maximum atomic E-state index is 10.7. The van der Waals surface area contributed by atoms with Gasteiger partial charge in [0.15, 0.2) is 5.75 Å². The first-order chi connectivity index (χ1) is 6.02. The molecule has 0 aromatic heterocycles. The van der Waals surface area contributed by atoms with Crippen molar-refractivity contribution in [2.24, 2.45) is 0 Å². The highest BCUT2D eigenvalue weighted by atomic mass is 79.9. The first kappa shape index (κ1) is 10.5. The molecule has 0 N–H and O–H groups in total. The molecule has 0 radical (unpaired) electrons. The smallest absolute Gasteiger partial charge is 0.308 e. The third kappa shape index (κ3) is 2.45. The Bertz CT molecular complexity index is 350. The fraction of sp³-hybridized carbons (Fsp3) is 0.222. The second kappa shape index (κ2) is 4.11. The predicted octanol–water partition coefficient (Wildman–Crippen LogP) is 3.34. The second-order valence-corrected chi connectivity index (χ2v) is 3.77. The highest BCUT2D eigenvalue weighted by molar-refractivity contribution is 9.10. The first-order valence-corrected chi connectivity index (χ1v) is 4.82. The van der Waals surface area contributed by atoms with E-state index >= 15 is 0 Å². The topological polar surface area (TPSA) is 26.3 Å². The third-order valence-corrected chi connectivity index (χ3v) is 3.12. The standard InChI is InChI=1S/C9H8BrClO2/c1-5-3-4-7(13-6(2)12)9(11)8(5)10/h3-4H,1-2H3. The van der Waals surface area contributed by atoms with E-state index in [-0.39, 0.29) is 5.97 Å². The van der Waals surface area contributed by atoms with Crippen molar-refractivity contribution in [3.63, 3.8) is 0 Å². The molecule has 1 aromatic carbocycles. The van der Waals surface area contributed by atoms with Gasteiger partial charge in [0.2, 0.25) is 0 Å². The van der Waals surface area contributed by atoms with E-state index in [0.29, 0.717) is 10.8 Å². The molecule has 0 atom stereocenters. The lowest BCUT2D eigenvalue weighted by molar-refractivity contribution is -0.131. The van der Waals surface area contributed by atoms with Gasteiger partial charge in [-0.25, -0.2) is 0 Å². The Morgan fingerprint density at radius 1 is 1.54 bits per heavy atom. The summed E-state index contributed by atoms with van der Waals surface area (Å²) in [6, 6.07) is 3.50. The Morgan fingerprint density at radius 3 is 2.69 bits per heavy atom. The Balaban J connectivity index is 3.10. The maximum absolute atomic E-state index is 10.7. The van der Waals surface area contributed by atoms with E-state index in [9.17, 15) is 4.79 Å². The zero-order valence-electron chi connectivity index (χ0n) is 7.23. The number of benzene rings is 1. The zero-order valence-corrected chi connectivity index (χ0v) is 9.57. The van der Waals surface area contributed by atoms with Crippen molar-refractivity contribution in [3.05, 3.63) is 27.2 Å². The lowest BCUT2D eigenvalue weighted by Gasteiger charge is -2.06. The van der Waals surface area contributed by atoms with Crippen LogP contribution in [0.3, 0.4) is 0 Å². The zero-order chi connectivity index (χ0) is 10.0. The summed E-state index contributed by atoms with van der Waals surface area (Å²) in [5.41, 5.74) is 1.00. The molecule has 2 nitrogen and oxygen atoms in total. The van der Waals surface area contributed by atoms with E-state index in [0.717, 1.165) is 10.0 Å². The van der Waals surface area contributed by atoms with Crippen LogP contribution in [0.1, 0.15) is 12.5 Å². The molecule has 0 saturated carbocycles. The molecule has 0 bridgehead atoms. The molecule has 0 saturated heterocycles. The number of hydrogen-bond acceptors (Lipinski definition) is 2. The number of rotatable bonds is 1. The number of ether oxygens (including phenoxy) is 1. The molecule has 0 fully saturated rings. The van der Waals surface area contributed by atoms with E-state index in [1.165, 1.54) is 6.92 Å². The van der Waals surface area contributed by atoms with Crippen molar-refractivity contribution in [2.75, 3.05) is 0 Å². The molecule has 1 rings (SSSR count). The normalized spacial score (nSPS) is 9.85. The van der Waals surface area contributed by atoms with Crippen molar-refractivity contribution >= 4 is 33.5 Å². The summed E-state index contributed by atoms with van der Waals surface area (Å²) in [5.74, 6) is 0.00398. The van der Waals surface area contributed by atoms with E-state index in [4.69, 9.17) is 16.3 Å². The minimum atomic E-state index is -0.377. The lowest BCUT2D eigenvalue weighted by atomic mass is 10.2. The first-order valence-electron chi connectivity index (χ1n) is 3.65. The van der Waals surface area contributed by atoms with Gasteiger partial charge < -0.3 is 4.74 Å². The summed E-state index contributed by atoms with van der Waals surface area (Å²) in [5, 5.41) is 0.426. The van der Waals surface area contributed by atoms with Crippen molar-refractivity contribution in [3.8, 4) is 5.75 Å². The van der Waals surface area contributed by atoms with Crippen LogP contribution in [0.2, 0.25) is 5.02 Å². The Hall–Kier alpha value is -0.540. The van der Waals surface area contributed by atoms with E-state index < -0.39 is 0 Å². The van der Waals surface area contributed by atoms with Gasteiger partial charge in [-0.2, -0.15) is 0 Å². The van der Waals surface area contributed by atoms with Crippen molar-refractivity contribution in [1.29, 1.82) is 0 Å². The summed E-state index contributed by atoms with van der Waals surface area (Å²) in [7, 11) is 0. The molecule has 0 aliphatic heterocycles. The molecule has 1 aromatic rings. The number of hydrogen-bond donors (Lipinski definition) is 0. The van der Waals surface area contributed by atoms with Crippen LogP contribution in [0.5, 0.6) is 5.75 Å². The maximum Gasteiger partial charge on any atom is 0.308 e. The fourth-order valence-corrected chi connectivity index (χ4v) is 1.44. The summed E-state index contributed by atoms with van der Waals surface area (Å²) in [6.45, 7) is 3.25. The Labute approximate surface area is 90.0 Å². The SMILES string of the molecule is CC(=O)Oc1ccc(C)c(Br)c1Cl. The van der Waals surface area contributed by atoms with Gasteiger partial charge in [0, 0.05) is 11.4 Å². The highest BCUT2D eigenvalue weighted by Crippen LogP contribution is 2.34. The van der Waals surface area contributed by atoms with Gasteiger partial charge in [0.05, 0.1) is 5.02 Å². The molecular weight excluding hydrogens is 255 g/mol. The van der Waals surface area contributed by atoms with Crippen LogP contribution in [0.15, 0.2) is 16.6 Å². The number of esters is 1. The molecule has 0 amide bonds. The van der Waals surface area contributed by atoms with Crippen molar-refractivity contribution in [2.45, 2.75) is 13.8 Å². The van der Waals surface area contributed by atoms with E-state index in [2.05, 4.69) is 15.9 Å². The quantitative estimate of drug-likeness (QED) is 0.574. The van der Waals surface area contributed by atoms with Crippen LogP contribution in [0.25, 0.3) is 0 Å². The summed E-state index contributed by atoms with van der Waals surface area (Å²) in [6.07, 6.45) is 0. The second-order valence-electron chi connectivity index (χ2n) is 2.60. The van der Waals surface area contributed by atoms with Gasteiger partial charge in [0.1, 0.15) is 0 Å². The van der Waals surface area contributed by atoms with Crippen LogP contribution in [-0.2, 0) is 4.79 Å². The van der Waals surface area contributed by atoms with Gasteiger partial charge in [-0.05, 0) is 34.5 Å². The third-order valence-electron chi connectivity index (χ3n) is 1.49. The average molecular weight is 264 g/mol. The average Bonchev–Trinajstić information content (AvgIpc) is 2.06. The minimum Gasteiger partial charge on any atom is -0.425 e. The number of halogens is 2. The Morgan fingerprint density at radius 2 is 2.15 bits per heavy atom. The van der Waals surface area contributed by atoms with Crippen LogP contribution in [0, 0.1) is 6.92 Å². The molecule has 0 heterocycles. The molecule has 0 spiro atoms. The van der Waals surface area contributed by atoms with Crippen LogP contribution >= 0.6 is 27.5 Å². The highest BCUT2D eigenvalue weighted by Gasteiger charge is 2.09. The summed E-state index contributed by atoms with van der Waals surface area (Å²) in [4.78, 5) is 10.7. The monoisotopic (exact) mass is 262 g/mol. The number of aryl methyl sites for hydroxylation is 1. The molecule has 0 aliphatic carbocycles. The van der Waals surface area contributed by atoms with Crippen LogP contribution in [-0.4, -0.2) is 5.97 Å². The molecular formula is C9H8BrClO2. The molecule has 70 valence electrons. The van der Waals surface area contributed by atoms with Crippen molar-refractivity contribution < 1.29 is 9.53 Å². The summed E-state index contributed by atoms with van der Waals surface area (Å²) >= 11 is 9.22. The predicted molar refractivity (Wildman–Crippen MR) is 55.2 cm³/mol.